The van der Waals surface area contributed by atoms with Crippen molar-refractivity contribution in [3.05, 3.63) is 17.5 Å². The Morgan fingerprint density at radius 2 is 2.06 bits per heavy atom. The predicted molar refractivity (Wildman–Crippen MR) is 76.5 cm³/mol. The number of hydrogen-bond acceptors (Lipinski definition) is 3. The molecule has 0 amide bonds. The van der Waals surface area contributed by atoms with E-state index >= 15 is 0 Å². The second-order valence-corrected chi connectivity index (χ2v) is 5.89. The molecule has 0 unspecified atom stereocenters. The Morgan fingerprint density at radius 1 is 1.41 bits per heavy atom. The number of hydrogen-bond donors (Lipinski definition) is 1. The molecule has 0 aliphatic carbocycles. The molecule has 1 rings (SSSR count). The third-order valence-electron chi connectivity index (χ3n) is 3.60. The summed E-state index contributed by atoms with van der Waals surface area (Å²) in [5, 5.41) is 7.93. The Labute approximate surface area is 109 Å². The van der Waals surface area contributed by atoms with Crippen LogP contribution in [-0.4, -0.2) is 27.3 Å². The lowest BCUT2D eigenvalue weighted by atomic mass is 10.0. The molecule has 0 spiro atoms. The number of rotatable bonds is 7. The summed E-state index contributed by atoms with van der Waals surface area (Å²) in [7, 11) is 1.97. The molecule has 0 fully saturated rings. The first-order chi connectivity index (χ1) is 8.06. The zero-order valence-corrected chi connectivity index (χ0v) is 12.5. The summed E-state index contributed by atoms with van der Waals surface area (Å²) in [6.07, 6.45) is 6.73. The summed E-state index contributed by atoms with van der Waals surface area (Å²) in [4.78, 5) is 0. The predicted octanol–water partition coefficient (Wildman–Crippen LogP) is 2.74. The van der Waals surface area contributed by atoms with Crippen LogP contribution in [0.4, 0.5) is 0 Å². The van der Waals surface area contributed by atoms with Gasteiger partial charge in [-0.3, -0.25) is 4.68 Å². The van der Waals surface area contributed by atoms with Gasteiger partial charge in [0.1, 0.15) is 0 Å². The third kappa shape index (κ3) is 3.75. The van der Waals surface area contributed by atoms with Crippen LogP contribution in [0.15, 0.2) is 6.20 Å². The van der Waals surface area contributed by atoms with E-state index in [-0.39, 0.29) is 0 Å². The van der Waals surface area contributed by atoms with E-state index in [4.69, 9.17) is 0 Å². The van der Waals surface area contributed by atoms with Crippen molar-refractivity contribution in [1.29, 1.82) is 0 Å². The van der Waals surface area contributed by atoms with Crippen molar-refractivity contribution in [3.63, 3.8) is 0 Å². The average Bonchev–Trinajstić information content (AvgIpc) is 2.64. The van der Waals surface area contributed by atoms with Gasteiger partial charge in [0.25, 0.3) is 0 Å². The quantitative estimate of drug-likeness (QED) is 0.812. The topological polar surface area (TPSA) is 29.9 Å². The lowest BCUT2D eigenvalue weighted by molar-refractivity contribution is 0.494. The van der Waals surface area contributed by atoms with Gasteiger partial charge < -0.3 is 5.32 Å². The van der Waals surface area contributed by atoms with E-state index in [2.05, 4.69) is 43.6 Å². The van der Waals surface area contributed by atoms with Crippen molar-refractivity contribution in [3.8, 4) is 0 Å². The Morgan fingerprint density at radius 3 is 2.47 bits per heavy atom. The molecule has 3 nitrogen and oxygen atoms in total. The van der Waals surface area contributed by atoms with Crippen LogP contribution in [0.1, 0.15) is 37.9 Å². The normalized spacial score (nSPS) is 12.1. The van der Waals surface area contributed by atoms with Crippen LogP contribution in [0.2, 0.25) is 0 Å². The van der Waals surface area contributed by atoms with Gasteiger partial charge in [0.2, 0.25) is 0 Å². The van der Waals surface area contributed by atoms with E-state index in [0.717, 1.165) is 18.8 Å². The van der Waals surface area contributed by atoms with Crippen LogP contribution in [0.5, 0.6) is 0 Å². The highest BCUT2D eigenvalue weighted by Gasteiger charge is 2.24. The second kappa shape index (κ2) is 6.45. The Balaban J connectivity index is 2.49. The number of aromatic nitrogens is 2. The lowest BCUT2D eigenvalue weighted by Crippen LogP contribution is -2.36. The van der Waals surface area contributed by atoms with Crippen LogP contribution in [0.25, 0.3) is 0 Å². The van der Waals surface area contributed by atoms with E-state index in [0.29, 0.717) is 4.75 Å². The van der Waals surface area contributed by atoms with Crippen LogP contribution in [0, 0.1) is 6.92 Å². The minimum Gasteiger partial charge on any atom is -0.311 e. The van der Waals surface area contributed by atoms with Crippen molar-refractivity contribution in [2.75, 3.05) is 12.8 Å². The maximum Gasteiger partial charge on any atom is 0.0638 e. The molecule has 1 aromatic rings. The summed E-state index contributed by atoms with van der Waals surface area (Å²) in [5.74, 6) is 0. The summed E-state index contributed by atoms with van der Waals surface area (Å²) in [6, 6.07) is 0. The van der Waals surface area contributed by atoms with Crippen molar-refractivity contribution in [2.45, 2.75) is 44.9 Å². The van der Waals surface area contributed by atoms with Gasteiger partial charge in [-0.1, -0.05) is 13.8 Å². The molecule has 0 bridgehead atoms. The minimum atomic E-state index is 0.385. The van der Waals surface area contributed by atoms with Gasteiger partial charge in [-0.25, -0.2) is 0 Å². The molecule has 0 saturated heterocycles. The molecule has 0 aliphatic heterocycles. The van der Waals surface area contributed by atoms with Crippen LogP contribution in [0.3, 0.4) is 0 Å². The van der Waals surface area contributed by atoms with Gasteiger partial charge in [0, 0.05) is 36.6 Å². The van der Waals surface area contributed by atoms with E-state index in [1.807, 2.05) is 23.5 Å². The molecule has 98 valence electrons. The van der Waals surface area contributed by atoms with Gasteiger partial charge in [0.05, 0.1) is 5.69 Å². The fourth-order valence-electron chi connectivity index (χ4n) is 2.11. The van der Waals surface area contributed by atoms with Crippen molar-refractivity contribution in [2.24, 2.45) is 7.05 Å². The maximum absolute atomic E-state index is 4.36. The monoisotopic (exact) mass is 255 g/mol. The molecular weight excluding hydrogens is 230 g/mol. The first-order valence-electron chi connectivity index (χ1n) is 6.32. The summed E-state index contributed by atoms with van der Waals surface area (Å²) >= 11 is 1.98. The Kier molecular flexibility index (Phi) is 5.53. The molecule has 0 saturated carbocycles. The lowest BCUT2D eigenvalue weighted by Gasteiger charge is -2.29. The van der Waals surface area contributed by atoms with Gasteiger partial charge in [0.15, 0.2) is 0 Å². The average molecular weight is 255 g/mol. The molecule has 0 atom stereocenters. The highest BCUT2D eigenvalue weighted by Crippen LogP contribution is 2.29. The number of thioether (sulfide) groups is 1. The molecule has 1 N–H and O–H groups in total. The number of nitrogens with one attached hydrogen (secondary N) is 1. The summed E-state index contributed by atoms with van der Waals surface area (Å²) in [5.41, 5.74) is 2.43. The van der Waals surface area contributed by atoms with Crippen LogP contribution in [-0.2, 0) is 13.6 Å². The van der Waals surface area contributed by atoms with E-state index in [1.54, 1.807) is 0 Å². The SMILES string of the molecule is CCC(CC)(CNCc1cn(C)nc1C)SC. The smallest absolute Gasteiger partial charge is 0.0638 e. The molecule has 1 heterocycles. The first kappa shape index (κ1) is 14.6. The van der Waals surface area contributed by atoms with E-state index < -0.39 is 0 Å². The Bertz CT molecular complexity index is 334. The van der Waals surface area contributed by atoms with Crippen molar-refractivity contribution >= 4 is 11.8 Å². The molecule has 17 heavy (non-hydrogen) atoms. The molecule has 0 radical (unpaired) electrons. The highest BCUT2D eigenvalue weighted by atomic mass is 32.2. The standard InChI is InChI=1S/C13H25N3S/c1-6-13(7-2,17-5)10-14-8-12-9-16(4)15-11(12)3/h9,14H,6-8,10H2,1-5H3. The number of aryl methyl sites for hydroxylation is 2. The second-order valence-electron chi connectivity index (χ2n) is 4.61. The maximum atomic E-state index is 4.36. The zero-order valence-electron chi connectivity index (χ0n) is 11.7. The fraction of sp³-hybridized carbons (Fsp3) is 0.769. The van der Waals surface area contributed by atoms with Crippen molar-refractivity contribution < 1.29 is 0 Å². The summed E-state index contributed by atoms with van der Waals surface area (Å²) < 4.78 is 2.27. The highest BCUT2D eigenvalue weighted by molar-refractivity contribution is 8.00. The van der Waals surface area contributed by atoms with Crippen molar-refractivity contribution in [1.82, 2.24) is 15.1 Å². The molecule has 1 aromatic heterocycles. The molecule has 4 heteroatoms. The molecule has 0 aromatic carbocycles. The summed E-state index contributed by atoms with van der Waals surface area (Å²) in [6.45, 7) is 8.60. The van der Waals surface area contributed by atoms with Gasteiger partial charge in [-0.15, -0.1) is 0 Å². The van der Waals surface area contributed by atoms with Crippen LogP contribution >= 0.6 is 11.8 Å². The Hall–Kier alpha value is -0.480. The zero-order chi connectivity index (χ0) is 12.9. The van der Waals surface area contributed by atoms with Gasteiger partial charge >= 0.3 is 0 Å². The fourth-order valence-corrected chi connectivity index (χ4v) is 2.93. The first-order valence-corrected chi connectivity index (χ1v) is 7.54. The van der Waals surface area contributed by atoms with E-state index in [9.17, 15) is 0 Å². The molecule has 0 aliphatic rings. The van der Waals surface area contributed by atoms with Crippen LogP contribution < -0.4 is 5.32 Å². The van der Waals surface area contributed by atoms with Gasteiger partial charge in [-0.05, 0) is 26.0 Å². The van der Waals surface area contributed by atoms with Gasteiger partial charge in [-0.2, -0.15) is 16.9 Å². The number of nitrogens with zero attached hydrogens (tertiary/aromatic N) is 2. The third-order valence-corrected chi connectivity index (χ3v) is 5.19. The largest absolute Gasteiger partial charge is 0.311 e. The van der Waals surface area contributed by atoms with E-state index in [1.165, 1.54) is 18.4 Å². The minimum absolute atomic E-state index is 0.385. The molecular formula is C13H25N3S.